The van der Waals surface area contributed by atoms with Gasteiger partial charge in [0.15, 0.2) is 0 Å². The zero-order chi connectivity index (χ0) is 15.5. The lowest BCUT2D eigenvalue weighted by Crippen LogP contribution is -2.05. The van der Waals surface area contributed by atoms with Gasteiger partial charge in [0.1, 0.15) is 4.90 Å². The summed E-state index contributed by atoms with van der Waals surface area (Å²) in [4.78, 5) is 4.11. The van der Waals surface area contributed by atoms with Crippen molar-refractivity contribution < 1.29 is 12.7 Å². The van der Waals surface area contributed by atoms with E-state index in [0.29, 0.717) is 11.3 Å². The van der Waals surface area contributed by atoms with E-state index >= 15 is 0 Å². The average molecular weight is 304 g/mol. The highest BCUT2D eigenvalue weighted by Crippen LogP contribution is 2.14. The van der Waals surface area contributed by atoms with Crippen LogP contribution in [0.5, 0.6) is 0 Å². The summed E-state index contributed by atoms with van der Waals surface area (Å²) in [5, 5.41) is 3.69. The second kappa shape index (κ2) is 6.05. The molecule has 110 valence electrons. The van der Waals surface area contributed by atoms with Gasteiger partial charge in [-0.25, -0.2) is 0 Å². The van der Waals surface area contributed by atoms with Crippen molar-refractivity contribution >= 4 is 15.8 Å². The normalized spacial score (nSPS) is 12.2. The Morgan fingerprint density at radius 1 is 1.10 bits per heavy atom. The zero-order valence-corrected chi connectivity index (χ0v) is 12.9. The van der Waals surface area contributed by atoms with Crippen LogP contribution in [-0.2, 0) is 14.4 Å². The first-order valence-electron chi connectivity index (χ1n) is 6.35. The minimum Gasteiger partial charge on any atom is -0.265 e. The molecule has 0 saturated carbocycles. The van der Waals surface area contributed by atoms with Gasteiger partial charge in [-0.05, 0) is 44.5 Å². The molecule has 1 aromatic heterocycles. The standard InChI is InChI=1S/C15H16N2O3S/c1-11-4-6-15(7-5-11)21(18,19)20-17-13(3)14-8-12(2)9-16-10-14/h4-10H,1-3H3. The smallest absolute Gasteiger partial charge is 0.265 e. The topological polar surface area (TPSA) is 68.6 Å². The van der Waals surface area contributed by atoms with Gasteiger partial charge < -0.3 is 0 Å². The van der Waals surface area contributed by atoms with Crippen LogP contribution in [0.2, 0.25) is 0 Å². The summed E-state index contributed by atoms with van der Waals surface area (Å²) < 4.78 is 28.7. The summed E-state index contributed by atoms with van der Waals surface area (Å²) in [6.45, 7) is 5.44. The molecule has 0 spiro atoms. The number of aromatic nitrogens is 1. The molecule has 0 radical (unpaired) electrons. The van der Waals surface area contributed by atoms with Crippen LogP contribution in [0.15, 0.2) is 52.8 Å². The summed E-state index contributed by atoms with van der Waals surface area (Å²) in [5.74, 6) is 0. The lowest BCUT2D eigenvalue weighted by Gasteiger charge is -2.04. The van der Waals surface area contributed by atoms with Gasteiger partial charge in [0.05, 0.1) is 5.71 Å². The van der Waals surface area contributed by atoms with Crippen molar-refractivity contribution in [3.8, 4) is 0 Å². The molecule has 21 heavy (non-hydrogen) atoms. The number of hydrogen-bond donors (Lipinski definition) is 0. The lowest BCUT2D eigenvalue weighted by molar-refractivity contribution is 0.339. The Bertz CT molecular complexity index is 766. The van der Waals surface area contributed by atoms with Crippen molar-refractivity contribution in [2.45, 2.75) is 25.7 Å². The molecule has 2 aromatic rings. The quantitative estimate of drug-likeness (QED) is 0.643. The molecule has 0 aliphatic rings. The molecule has 5 nitrogen and oxygen atoms in total. The molecular formula is C15H16N2O3S. The zero-order valence-electron chi connectivity index (χ0n) is 12.1. The van der Waals surface area contributed by atoms with E-state index in [-0.39, 0.29) is 4.90 Å². The van der Waals surface area contributed by atoms with E-state index in [1.807, 2.05) is 19.9 Å². The second-order valence-electron chi connectivity index (χ2n) is 4.77. The molecule has 0 saturated heterocycles. The average Bonchev–Trinajstić information content (AvgIpc) is 2.45. The van der Waals surface area contributed by atoms with Crippen molar-refractivity contribution in [3.63, 3.8) is 0 Å². The first kappa shape index (κ1) is 15.2. The molecule has 6 heteroatoms. The SMILES string of the molecule is CC(=NOS(=O)(=O)c1ccc(C)cc1)c1cncc(C)c1. The maximum Gasteiger partial charge on any atom is 0.358 e. The van der Waals surface area contributed by atoms with Crippen molar-refractivity contribution in [1.29, 1.82) is 0 Å². The van der Waals surface area contributed by atoms with Crippen LogP contribution in [0.4, 0.5) is 0 Å². The summed E-state index contributed by atoms with van der Waals surface area (Å²) in [7, 11) is -3.90. The van der Waals surface area contributed by atoms with Crippen molar-refractivity contribution in [3.05, 3.63) is 59.4 Å². The molecule has 0 fully saturated rings. The Kier molecular flexibility index (Phi) is 4.37. The Labute approximate surface area is 124 Å². The van der Waals surface area contributed by atoms with Gasteiger partial charge in [-0.15, -0.1) is 0 Å². The Hall–Kier alpha value is -2.21. The van der Waals surface area contributed by atoms with E-state index in [1.165, 1.54) is 12.1 Å². The van der Waals surface area contributed by atoms with E-state index in [9.17, 15) is 8.42 Å². The number of nitrogens with zero attached hydrogens (tertiary/aromatic N) is 2. The van der Waals surface area contributed by atoms with Crippen molar-refractivity contribution in [2.24, 2.45) is 5.16 Å². The molecular weight excluding hydrogens is 288 g/mol. The summed E-state index contributed by atoms with van der Waals surface area (Å²) >= 11 is 0. The van der Waals surface area contributed by atoms with Crippen LogP contribution < -0.4 is 0 Å². The van der Waals surface area contributed by atoms with Gasteiger partial charge in [0, 0.05) is 18.0 Å². The van der Waals surface area contributed by atoms with E-state index < -0.39 is 10.1 Å². The lowest BCUT2D eigenvalue weighted by atomic mass is 10.1. The highest BCUT2D eigenvalue weighted by atomic mass is 32.2. The van der Waals surface area contributed by atoms with Crippen LogP contribution in [-0.4, -0.2) is 19.1 Å². The number of oxime groups is 1. The van der Waals surface area contributed by atoms with Crippen molar-refractivity contribution in [2.75, 3.05) is 0 Å². The number of aryl methyl sites for hydroxylation is 2. The van der Waals surface area contributed by atoms with Crippen LogP contribution in [0.25, 0.3) is 0 Å². The monoisotopic (exact) mass is 304 g/mol. The molecule has 0 N–H and O–H groups in total. The Morgan fingerprint density at radius 3 is 2.38 bits per heavy atom. The van der Waals surface area contributed by atoms with Gasteiger partial charge in [-0.1, -0.05) is 22.9 Å². The summed E-state index contributed by atoms with van der Waals surface area (Å²) in [6.07, 6.45) is 3.31. The minimum absolute atomic E-state index is 0.0759. The Balaban J connectivity index is 2.21. The maximum absolute atomic E-state index is 12.0. The van der Waals surface area contributed by atoms with Crippen LogP contribution in [0.3, 0.4) is 0 Å². The molecule has 1 aromatic carbocycles. The molecule has 1 heterocycles. The number of hydrogen-bond acceptors (Lipinski definition) is 5. The third-order valence-corrected chi connectivity index (χ3v) is 4.00. The van der Waals surface area contributed by atoms with Gasteiger partial charge >= 0.3 is 10.1 Å². The number of benzene rings is 1. The third-order valence-electron chi connectivity index (χ3n) is 2.87. The highest BCUT2D eigenvalue weighted by molar-refractivity contribution is 7.86. The van der Waals surface area contributed by atoms with Crippen LogP contribution >= 0.6 is 0 Å². The van der Waals surface area contributed by atoms with Crippen LogP contribution in [0, 0.1) is 13.8 Å². The first-order valence-corrected chi connectivity index (χ1v) is 7.76. The van der Waals surface area contributed by atoms with Crippen molar-refractivity contribution in [1.82, 2.24) is 4.98 Å². The Morgan fingerprint density at radius 2 is 1.76 bits per heavy atom. The molecule has 2 rings (SSSR count). The maximum atomic E-state index is 12.0. The molecule has 0 unspecified atom stereocenters. The molecule has 0 bridgehead atoms. The molecule has 0 aliphatic heterocycles. The summed E-state index contributed by atoms with van der Waals surface area (Å²) in [6, 6.07) is 8.25. The second-order valence-corrected chi connectivity index (χ2v) is 6.30. The molecule has 0 aliphatic carbocycles. The fraction of sp³-hybridized carbons (Fsp3) is 0.200. The summed E-state index contributed by atoms with van der Waals surface area (Å²) in [5.41, 5.74) is 3.10. The van der Waals surface area contributed by atoms with E-state index in [1.54, 1.807) is 31.5 Å². The van der Waals surface area contributed by atoms with E-state index in [4.69, 9.17) is 4.28 Å². The van der Waals surface area contributed by atoms with Gasteiger partial charge in [0.25, 0.3) is 0 Å². The first-order chi connectivity index (χ1) is 9.88. The molecule has 0 atom stereocenters. The van der Waals surface area contributed by atoms with Gasteiger partial charge in [-0.2, -0.15) is 8.42 Å². The minimum atomic E-state index is -3.90. The third kappa shape index (κ3) is 3.88. The van der Waals surface area contributed by atoms with E-state index in [2.05, 4.69) is 10.1 Å². The van der Waals surface area contributed by atoms with Gasteiger partial charge in [0.2, 0.25) is 0 Å². The van der Waals surface area contributed by atoms with Gasteiger partial charge in [-0.3, -0.25) is 9.27 Å². The number of rotatable bonds is 4. The number of pyridine rings is 1. The largest absolute Gasteiger partial charge is 0.358 e. The molecule has 0 amide bonds. The van der Waals surface area contributed by atoms with Crippen LogP contribution in [0.1, 0.15) is 23.6 Å². The highest BCUT2D eigenvalue weighted by Gasteiger charge is 2.15. The predicted octanol–water partition coefficient (Wildman–Crippen LogP) is 2.83. The fourth-order valence-electron chi connectivity index (χ4n) is 1.66. The van der Waals surface area contributed by atoms with E-state index in [0.717, 1.165) is 11.1 Å². The fourth-order valence-corrected chi connectivity index (χ4v) is 2.42. The predicted molar refractivity (Wildman–Crippen MR) is 80.6 cm³/mol.